The minimum atomic E-state index is -0.317. The molecule has 2 N–H and O–H groups in total. The highest BCUT2D eigenvalue weighted by Crippen LogP contribution is 2.28. The van der Waals surface area contributed by atoms with Gasteiger partial charge in [-0.1, -0.05) is 15.9 Å². The SMILES string of the molecule is COc1c(C)cc(Br)cc1C(=O)NC(=S)Nc1ccc(N2CCCC2)cc1. The van der Waals surface area contributed by atoms with Crippen LogP contribution in [0.1, 0.15) is 28.8 Å². The standard InChI is InChI=1S/C20H22BrN3O2S/c1-13-11-14(21)12-17(18(13)26-2)19(25)23-20(27)22-15-5-7-16(8-6-15)24-9-3-4-10-24/h5-8,11-12H,3-4,9-10H2,1-2H3,(H2,22,23,25,27). The van der Waals surface area contributed by atoms with E-state index in [0.717, 1.165) is 28.8 Å². The first kappa shape index (κ1) is 19.6. The van der Waals surface area contributed by atoms with Crippen LogP contribution in [-0.2, 0) is 0 Å². The van der Waals surface area contributed by atoms with Gasteiger partial charge in [0.05, 0.1) is 12.7 Å². The second kappa shape index (κ2) is 8.71. The summed E-state index contributed by atoms with van der Waals surface area (Å²) in [5.74, 6) is 0.218. The molecular formula is C20H22BrN3O2S. The molecule has 0 aliphatic carbocycles. The van der Waals surface area contributed by atoms with Crippen molar-refractivity contribution in [2.75, 3.05) is 30.4 Å². The number of hydrogen-bond acceptors (Lipinski definition) is 4. The number of thiocarbonyl (C=S) groups is 1. The van der Waals surface area contributed by atoms with Crippen molar-refractivity contribution in [3.8, 4) is 5.75 Å². The molecule has 1 amide bonds. The second-order valence-electron chi connectivity index (χ2n) is 6.45. The molecule has 1 aliphatic heterocycles. The highest BCUT2D eigenvalue weighted by atomic mass is 79.9. The van der Waals surface area contributed by atoms with E-state index < -0.39 is 0 Å². The molecule has 0 radical (unpaired) electrons. The Morgan fingerprint density at radius 1 is 1.19 bits per heavy atom. The molecule has 1 heterocycles. The Kier molecular flexibility index (Phi) is 6.34. The Hall–Kier alpha value is -2.12. The number of hydrogen-bond donors (Lipinski definition) is 2. The summed E-state index contributed by atoms with van der Waals surface area (Å²) in [6.07, 6.45) is 2.49. The second-order valence-corrected chi connectivity index (χ2v) is 7.78. The molecule has 2 aromatic rings. The normalized spacial score (nSPS) is 13.4. The van der Waals surface area contributed by atoms with Crippen LogP contribution in [0.5, 0.6) is 5.75 Å². The summed E-state index contributed by atoms with van der Waals surface area (Å²) in [4.78, 5) is 15.0. The van der Waals surface area contributed by atoms with Gasteiger partial charge in [-0.2, -0.15) is 0 Å². The van der Waals surface area contributed by atoms with Gasteiger partial charge in [0.15, 0.2) is 5.11 Å². The smallest absolute Gasteiger partial charge is 0.261 e. The van der Waals surface area contributed by atoms with Crippen LogP contribution < -0.4 is 20.3 Å². The molecule has 1 fully saturated rings. The zero-order valence-corrected chi connectivity index (χ0v) is 17.7. The van der Waals surface area contributed by atoms with Crippen LogP contribution in [0.2, 0.25) is 0 Å². The minimum Gasteiger partial charge on any atom is -0.496 e. The van der Waals surface area contributed by atoms with Gasteiger partial charge >= 0.3 is 0 Å². The zero-order valence-electron chi connectivity index (χ0n) is 15.3. The van der Waals surface area contributed by atoms with Crippen LogP contribution in [0.3, 0.4) is 0 Å². The maximum Gasteiger partial charge on any atom is 0.261 e. The van der Waals surface area contributed by atoms with Crippen molar-refractivity contribution in [2.45, 2.75) is 19.8 Å². The molecule has 0 spiro atoms. The number of methoxy groups -OCH3 is 1. The lowest BCUT2D eigenvalue weighted by atomic mass is 10.1. The molecule has 27 heavy (non-hydrogen) atoms. The van der Waals surface area contributed by atoms with Crippen molar-refractivity contribution < 1.29 is 9.53 Å². The van der Waals surface area contributed by atoms with E-state index in [0.29, 0.717) is 11.3 Å². The van der Waals surface area contributed by atoms with Crippen LogP contribution in [0.4, 0.5) is 11.4 Å². The molecule has 142 valence electrons. The summed E-state index contributed by atoms with van der Waals surface area (Å²) >= 11 is 8.70. The number of nitrogens with one attached hydrogen (secondary N) is 2. The Bertz CT molecular complexity index is 849. The zero-order chi connectivity index (χ0) is 19.4. The summed E-state index contributed by atoms with van der Waals surface area (Å²) in [5.41, 5.74) is 3.34. The van der Waals surface area contributed by atoms with Crippen molar-refractivity contribution >= 4 is 50.5 Å². The van der Waals surface area contributed by atoms with E-state index in [2.05, 4.69) is 43.6 Å². The van der Waals surface area contributed by atoms with Crippen molar-refractivity contribution in [1.82, 2.24) is 5.32 Å². The Morgan fingerprint density at radius 2 is 1.85 bits per heavy atom. The number of anilines is 2. The first-order chi connectivity index (χ1) is 13.0. The summed E-state index contributed by atoms with van der Waals surface area (Å²) < 4.78 is 6.17. The van der Waals surface area contributed by atoms with E-state index >= 15 is 0 Å². The average molecular weight is 448 g/mol. The average Bonchev–Trinajstić information content (AvgIpc) is 3.16. The van der Waals surface area contributed by atoms with Crippen LogP contribution in [0.25, 0.3) is 0 Å². The van der Waals surface area contributed by atoms with Crippen molar-refractivity contribution in [1.29, 1.82) is 0 Å². The number of aryl methyl sites for hydroxylation is 1. The highest BCUT2D eigenvalue weighted by Gasteiger charge is 2.17. The number of carbonyl (C=O) groups is 1. The van der Waals surface area contributed by atoms with Gasteiger partial charge in [0.1, 0.15) is 5.75 Å². The fourth-order valence-electron chi connectivity index (χ4n) is 3.23. The van der Waals surface area contributed by atoms with Crippen molar-refractivity contribution in [3.63, 3.8) is 0 Å². The van der Waals surface area contributed by atoms with Gasteiger partial charge in [-0.25, -0.2) is 0 Å². The summed E-state index contributed by atoms with van der Waals surface area (Å²) in [6, 6.07) is 11.7. The van der Waals surface area contributed by atoms with E-state index in [1.807, 2.05) is 25.1 Å². The van der Waals surface area contributed by atoms with Gasteiger partial charge in [0, 0.05) is 28.9 Å². The number of halogens is 1. The number of benzene rings is 2. The predicted molar refractivity (Wildman–Crippen MR) is 117 cm³/mol. The van der Waals surface area contributed by atoms with E-state index in [1.54, 1.807) is 13.2 Å². The Morgan fingerprint density at radius 3 is 2.48 bits per heavy atom. The van der Waals surface area contributed by atoms with Crippen LogP contribution in [0, 0.1) is 6.92 Å². The third kappa shape index (κ3) is 4.78. The van der Waals surface area contributed by atoms with Crippen LogP contribution in [-0.4, -0.2) is 31.2 Å². The van der Waals surface area contributed by atoms with Crippen LogP contribution in [0.15, 0.2) is 40.9 Å². The molecule has 3 rings (SSSR count). The van der Waals surface area contributed by atoms with Crippen LogP contribution >= 0.6 is 28.1 Å². The van der Waals surface area contributed by atoms with Gasteiger partial charge in [0.25, 0.3) is 5.91 Å². The number of nitrogens with zero attached hydrogens (tertiary/aromatic N) is 1. The largest absolute Gasteiger partial charge is 0.496 e. The molecular weight excluding hydrogens is 426 g/mol. The third-order valence-electron chi connectivity index (χ3n) is 4.51. The predicted octanol–water partition coefficient (Wildman–Crippen LogP) is 4.49. The first-order valence-corrected chi connectivity index (χ1v) is 9.99. The molecule has 7 heteroatoms. The molecule has 0 atom stereocenters. The third-order valence-corrected chi connectivity index (χ3v) is 5.17. The number of carbonyl (C=O) groups excluding carboxylic acids is 1. The monoisotopic (exact) mass is 447 g/mol. The fraction of sp³-hybridized carbons (Fsp3) is 0.300. The lowest BCUT2D eigenvalue weighted by molar-refractivity contribution is 0.0974. The lowest BCUT2D eigenvalue weighted by Crippen LogP contribution is -2.34. The summed E-state index contributed by atoms with van der Waals surface area (Å²) in [5, 5.41) is 6.01. The molecule has 0 bridgehead atoms. The van der Waals surface area contributed by atoms with E-state index in [4.69, 9.17) is 17.0 Å². The summed E-state index contributed by atoms with van der Waals surface area (Å²) in [6.45, 7) is 4.10. The maximum absolute atomic E-state index is 12.6. The first-order valence-electron chi connectivity index (χ1n) is 8.79. The Labute approximate surface area is 173 Å². The number of rotatable bonds is 4. The van der Waals surface area contributed by atoms with Gasteiger partial charge < -0.3 is 15.0 Å². The molecule has 2 aromatic carbocycles. The molecule has 5 nitrogen and oxygen atoms in total. The summed E-state index contributed by atoms with van der Waals surface area (Å²) in [7, 11) is 1.55. The fourth-order valence-corrected chi connectivity index (χ4v) is 4.02. The quantitative estimate of drug-likeness (QED) is 0.675. The van der Waals surface area contributed by atoms with Gasteiger partial charge in [-0.3, -0.25) is 10.1 Å². The van der Waals surface area contributed by atoms with E-state index in [-0.39, 0.29) is 11.0 Å². The van der Waals surface area contributed by atoms with Gasteiger partial charge in [-0.15, -0.1) is 0 Å². The minimum absolute atomic E-state index is 0.244. The van der Waals surface area contributed by atoms with Crippen molar-refractivity contribution in [2.24, 2.45) is 0 Å². The molecule has 0 aromatic heterocycles. The highest BCUT2D eigenvalue weighted by molar-refractivity contribution is 9.10. The Balaban J connectivity index is 1.64. The van der Waals surface area contributed by atoms with E-state index in [1.165, 1.54) is 18.5 Å². The van der Waals surface area contributed by atoms with E-state index in [9.17, 15) is 4.79 Å². The molecule has 1 saturated heterocycles. The van der Waals surface area contributed by atoms with Gasteiger partial charge in [0.2, 0.25) is 0 Å². The molecule has 1 aliphatic rings. The number of amides is 1. The van der Waals surface area contributed by atoms with Crippen molar-refractivity contribution in [3.05, 3.63) is 52.0 Å². The topological polar surface area (TPSA) is 53.6 Å². The molecule has 0 saturated carbocycles. The molecule has 0 unspecified atom stereocenters. The number of ether oxygens (including phenoxy) is 1. The van der Waals surface area contributed by atoms with Gasteiger partial charge in [-0.05, 0) is 73.9 Å². The maximum atomic E-state index is 12.6. The lowest BCUT2D eigenvalue weighted by Gasteiger charge is -2.18.